The molecule has 5 heteroatoms. The smallest absolute Gasteiger partial charge is 0.184 e. The summed E-state index contributed by atoms with van der Waals surface area (Å²) in [4.78, 5) is 12.2. The van der Waals surface area contributed by atoms with Crippen LogP contribution in [0.1, 0.15) is 22.0 Å². The largest absolute Gasteiger partial charge is 0.497 e. The number of nitrogens with zero attached hydrogens (tertiary/aromatic N) is 2. The third kappa shape index (κ3) is 2.41. The van der Waals surface area contributed by atoms with E-state index in [2.05, 4.69) is 5.10 Å². The van der Waals surface area contributed by atoms with Crippen molar-refractivity contribution < 1.29 is 9.53 Å². The third-order valence-corrected chi connectivity index (χ3v) is 2.72. The number of Topliss-reactive ketones (excluding diaryl/α,β-unsaturated/α-hetero) is 1. The fraction of sp³-hybridized carbons (Fsp3) is 0.231. The van der Waals surface area contributed by atoms with E-state index in [1.54, 1.807) is 55.5 Å². The molecule has 0 bridgehead atoms. The molecular weight excluding hydrogens is 230 g/mol. The zero-order valence-electron chi connectivity index (χ0n) is 10.3. The molecule has 0 radical (unpaired) electrons. The van der Waals surface area contributed by atoms with Crippen molar-refractivity contribution in [3.05, 3.63) is 47.8 Å². The average molecular weight is 245 g/mol. The van der Waals surface area contributed by atoms with Crippen LogP contribution in [0, 0.1) is 0 Å². The molecule has 18 heavy (non-hydrogen) atoms. The van der Waals surface area contributed by atoms with E-state index in [9.17, 15) is 4.79 Å². The summed E-state index contributed by atoms with van der Waals surface area (Å²) in [5, 5.41) is 4.01. The van der Waals surface area contributed by atoms with Crippen LogP contribution < -0.4 is 10.5 Å². The first kappa shape index (κ1) is 12.3. The maximum Gasteiger partial charge on any atom is 0.184 e. The standard InChI is InChI=1S/C13H15N3O2/c1-16-8-10(7-15-16)12(14)13(17)9-4-3-5-11(6-9)18-2/h3-8,12H,14H2,1-2H3. The summed E-state index contributed by atoms with van der Waals surface area (Å²) in [6.07, 6.45) is 3.34. The molecule has 94 valence electrons. The van der Waals surface area contributed by atoms with Gasteiger partial charge in [0, 0.05) is 24.4 Å². The second-order valence-corrected chi connectivity index (χ2v) is 4.02. The predicted molar refractivity (Wildman–Crippen MR) is 67.5 cm³/mol. The van der Waals surface area contributed by atoms with Crippen molar-refractivity contribution >= 4 is 5.78 Å². The highest BCUT2D eigenvalue weighted by atomic mass is 16.5. The van der Waals surface area contributed by atoms with Crippen molar-refractivity contribution in [3.8, 4) is 5.75 Å². The molecule has 1 atom stereocenters. The lowest BCUT2D eigenvalue weighted by atomic mass is 10.0. The number of ether oxygens (including phenoxy) is 1. The summed E-state index contributed by atoms with van der Waals surface area (Å²) < 4.78 is 6.70. The van der Waals surface area contributed by atoms with Gasteiger partial charge in [-0.25, -0.2) is 0 Å². The summed E-state index contributed by atoms with van der Waals surface area (Å²) >= 11 is 0. The Morgan fingerprint density at radius 3 is 2.89 bits per heavy atom. The molecule has 2 rings (SSSR count). The van der Waals surface area contributed by atoms with E-state index in [4.69, 9.17) is 10.5 Å². The van der Waals surface area contributed by atoms with Crippen LogP contribution in [0.25, 0.3) is 0 Å². The van der Waals surface area contributed by atoms with Gasteiger partial charge in [0.25, 0.3) is 0 Å². The summed E-state index contributed by atoms with van der Waals surface area (Å²) in [6, 6.07) is 6.25. The first-order valence-corrected chi connectivity index (χ1v) is 5.54. The monoisotopic (exact) mass is 245 g/mol. The van der Waals surface area contributed by atoms with Crippen LogP contribution in [0.3, 0.4) is 0 Å². The molecule has 2 N–H and O–H groups in total. The SMILES string of the molecule is COc1cccc(C(=O)C(N)c2cnn(C)c2)c1. The average Bonchev–Trinajstić information content (AvgIpc) is 2.83. The molecule has 1 aromatic carbocycles. The predicted octanol–water partition coefficient (Wildman–Crippen LogP) is 1.31. The van der Waals surface area contributed by atoms with Crippen LogP contribution in [-0.4, -0.2) is 22.7 Å². The Morgan fingerprint density at radius 2 is 2.28 bits per heavy atom. The number of hydrogen-bond donors (Lipinski definition) is 1. The van der Waals surface area contributed by atoms with Gasteiger partial charge in [-0.05, 0) is 12.1 Å². The Kier molecular flexibility index (Phi) is 3.43. The lowest BCUT2D eigenvalue weighted by molar-refractivity contribution is 0.0961. The summed E-state index contributed by atoms with van der Waals surface area (Å²) in [7, 11) is 3.34. The highest BCUT2D eigenvalue weighted by Crippen LogP contribution is 2.19. The van der Waals surface area contributed by atoms with E-state index in [1.165, 1.54) is 0 Å². The van der Waals surface area contributed by atoms with E-state index in [1.807, 2.05) is 0 Å². The fourth-order valence-electron chi connectivity index (χ4n) is 1.71. The Bertz CT molecular complexity index is 563. The Labute approximate surface area is 105 Å². The van der Waals surface area contributed by atoms with Gasteiger partial charge in [0.1, 0.15) is 5.75 Å². The number of ketones is 1. The van der Waals surface area contributed by atoms with Gasteiger partial charge in [-0.3, -0.25) is 9.48 Å². The molecule has 0 saturated heterocycles. The molecule has 0 aliphatic carbocycles. The van der Waals surface area contributed by atoms with Crippen LogP contribution in [0.4, 0.5) is 0 Å². The minimum Gasteiger partial charge on any atom is -0.497 e. The molecule has 0 aliphatic heterocycles. The van der Waals surface area contributed by atoms with Crippen molar-refractivity contribution in [2.24, 2.45) is 12.8 Å². The normalized spacial score (nSPS) is 12.2. The number of aryl methyl sites for hydroxylation is 1. The minimum absolute atomic E-state index is 0.151. The van der Waals surface area contributed by atoms with E-state index in [0.717, 1.165) is 0 Å². The number of nitrogens with two attached hydrogens (primary N) is 1. The van der Waals surface area contributed by atoms with Gasteiger partial charge in [0.05, 0.1) is 19.3 Å². The molecule has 1 unspecified atom stereocenters. The quantitative estimate of drug-likeness (QED) is 0.824. The van der Waals surface area contributed by atoms with Gasteiger partial charge < -0.3 is 10.5 Å². The summed E-state index contributed by atoms with van der Waals surface area (Å²) in [5.41, 5.74) is 7.16. The maximum atomic E-state index is 12.2. The molecular formula is C13H15N3O2. The van der Waals surface area contributed by atoms with Gasteiger partial charge in [-0.15, -0.1) is 0 Å². The highest BCUT2D eigenvalue weighted by molar-refractivity contribution is 6.00. The van der Waals surface area contributed by atoms with Crippen LogP contribution in [0.2, 0.25) is 0 Å². The molecule has 1 heterocycles. The lowest BCUT2D eigenvalue weighted by Gasteiger charge is -2.09. The first-order chi connectivity index (χ1) is 8.61. The number of aromatic nitrogens is 2. The molecule has 0 amide bonds. The van der Waals surface area contributed by atoms with Crippen LogP contribution >= 0.6 is 0 Å². The first-order valence-electron chi connectivity index (χ1n) is 5.54. The van der Waals surface area contributed by atoms with Crippen molar-refractivity contribution in [3.63, 3.8) is 0 Å². The summed E-state index contributed by atoms with van der Waals surface area (Å²) in [5.74, 6) is 0.487. The van der Waals surface area contributed by atoms with E-state index in [-0.39, 0.29) is 5.78 Å². The zero-order chi connectivity index (χ0) is 13.1. The van der Waals surface area contributed by atoms with Gasteiger partial charge in [0.15, 0.2) is 5.78 Å². The number of carbonyl (C=O) groups excluding carboxylic acids is 1. The topological polar surface area (TPSA) is 70.1 Å². The number of carbonyl (C=O) groups is 1. The van der Waals surface area contributed by atoms with Crippen molar-refractivity contribution in [2.75, 3.05) is 7.11 Å². The molecule has 5 nitrogen and oxygen atoms in total. The van der Waals surface area contributed by atoms with Gasteiger partial charge >= 0.3 is 0 Å². The maximum absolute atomic E-state index is 12.2. The second-order valence-electron chi connectivity index (χ2n) is 4.02. The van der Waals surface area contributed by atoms with Crippen molar-refractivity contribution in [2.45, 2.75) is 6.04 Å². The zero-order valence-corrected chi connectivity index (χ0v) is 10.3. The number of rotatable bonds is 4. The van der Waals surface area contributed by atoms with Crippen LogP contribution in [0.15, 0.2) is 36.7 Å². The van der Waals surface area contributed by atoms with Crippen molar-refractivity contribution in [1.29, 1.82) is 0 Å². The van der Waals surface area contributed by atoms with Gasteiger partial charge in [-0.2, -0.15) is 5.10 Å². The molecule has 0 fully saturated rings. The third-order valence-electron chi connectivity index (χ3n) is 2.72. The van der Waals surface area contributed by atoms with Crippen LogP contribution in [0.5, 0.6) is 5.75 Å². The van der Waals surface area contributed by atoms with Crippen LogP contribution in [-0.2, 0) is 7.05 Å². The molecule has 1 aromatic heterocycles. The number of hydrogen-bond acceptors (Lipinski definition) is 4. The molecule has 0 saturated carbocycles. The van der Waals surface area contributed by atoms with E-state index < -0.39 is 6.04 Å². The molecule has 0 spiro atoms. The van der Waals surface area contributed by atoms with Gasteiger partial charge in [-0.1, -0.05) is 12.1 Å². The molecule has 2 aromatic rings. The van der Waals surface area contributed by atoms with E-state index >= 15 is 0 Å². The Hall–Kier alpha value is -2.14. The Morgan fingerprint density at radius 1 is 1.50 bits per heavy atom. The fourth-order valence-corrected chi connectivity index (χ4v) is 1.71. The summed E-state index contributed by atoms with van der Waals surface area (Å²) in [6.45, 7) is 0. The molecule has 0 aliphatic rings. The second kappa shape index (κ2) is 5.01. The minimum atomic E-state index is -0.703. The van der Waals surface area contributed by atoms with E-state index in [0.29, 0.717) is 16.9 Å². The Balaban J connectivity index is 2.25. The lowest BCUT2D eigenvalue weighted by Crippen LogP contribution is -2.21. The van der Waals surface area contributed by atoms with Crippen molar-refractivity contribution in [1.82, 2.24) is 9.78 Å². The number of methoxy groups -OCH3 is 1. The highest BCUT2D eigenvalue weighted by Gasteiger charge is 2.19. The van der Waals surface area contributed by atoms with Gasteiger partial charge in [0.2, 0.25) is 0 Å². The number of benzene rings is 1.